The van der Waals surface area contributed by atoms with Crippen LogP contribution in [0.3, 0.4) is 0 Å². The molecular weight excluding hydrogens is 326 g/mol. The van der Waals surface area contributed by atoms with E-state index >= 15 is 0 Å². The van der Waals surface area contributed by atoms with E-state index in [1.807, 2.05) is 33.8 Å². The minimum atomic E-state index is -0.0660. The van der Waals surface area contributed by atoms with E-state index in [9.17, 15) is 4.79 Å². The smallest absolute Gasteiger partial charge is 0.257 e. The van der Waals surface area contributed by atoms with E-state index in [0.29, 0.717) is 23.8 Å². The van der Waals surface area contributed by atoms with Crippen molar-refractivity contribution in [2.75, 3.05) is 19.8 Å². The zero-order valence-electron chi connectivity index (χ0n) is 13.8. The van der Waals surface area contributed by atoms with E-state index in [0.717, 1.165) is 24.3 Å². The molecule has 2 saturated heterocycles. The quantitative estimate of drug-likeness (QED) is 0.857. The molecule has 0 unspecified atom stereocenters. The number of hydrogen-bond acceptors (Lipinski definition) is 3. The van der Waals surface area contributed by atoms with Gasteiger partial charge in [0.2, 0.25) is 0 Å². The zero-order chi connectivity index (χ0) is 16.9. The van der Waals surface area contributed by atoms with Crippen LogP contribution >= 0.6 is 11.6 Å². The van der Waals surface area contributed by atoms with E-state index in [2.05, 4.69) is 18.9 Å². The molecular formula is C18H20ClN3O2. The number of benzene rings is 1. The van der Waals surface area contributed by atoms with Gasteiger partial charge in [-0.3, -0.25) is 4.79 Å². The molecule has 0 bridgehead atoms. The van der Waals surface area contributed by atoms with E-state index in [-0.39, 0.29) is 17.4 Å². The van der Waals surface area contributed by atoms with Crippen LogP contribution in [0, 0.1) is 0 Å². The summed E-state index contributed by atoms with van der Waals surface area (Å²) in [6.45, 7) is 6.25. The third-order valence-electron chi connectivity index (χ3n) is 5.00. The van der Waals surface area contributed by atoms with Crippen molar-refractivity contribution in [1.82, 2.24) is 14.7 Å². The molecule has 4 rings (SSSR count). The van der Waals surface area contributed by atoms with Crippen molar-refractivity contribution < 1.29 is 9.53 Å². The molecule has 2 aliphatic heterocycles. The van der Waals surface area contributed by atoms with E-state index < -0.39 is 0 Å². The highest BCUT2D eigenvalue weighted by molar-refractivity contribution is 6.30. The van der Waals surface area contributed by atoms with Crippen LogP contribution in [0.4, 0.5) is 0 Å². The fourth-order valence-corrected chi connectivity index (χ4v) is 3.72. The summed E-state index contributed by atoms with van der Waals surface area (Å²) in [6.07, 6.45) is 2.71. The average Bonchev–Trinajstić information content (AvgIpc) is 2.89. The van der Waals surface area contributed by atoms with Gasteiger partial charge in [-0.2, -0.15) is 5.10 Å². The minimum Gasteiger partial charge on any atom is -0.376 e. The van der Waals surface area contributed by atoms with Crippen LogP contribution in [0.15, 0.2) is 30.5 Å². The molecule has 1 spiro atoms. The number of halogens is 1. The van der Waals surface area contributed by atoms with Gasteiger partial charge in [0.15, 0.2) is 0 Å². The highest BCUT2D eigenvalue weighted by atomic mass is 35.5. The van der Waals surface area contributed by atoms with Gasteiger partial charge in [0.25, 0.3) is 5.91 Å². The summed E-state index contributed by atoms with van der Waals surface area (Å²) < 4.78 is 7.16. The van der Waals surface area contributed by atoms with Gasteiger partial charge in [-0.25, -0.2) is 4.68 Å². The second-order valence-electron chi connectivity index (χ2n) is 6.91. The number of nitrogens with zero attached hydrogens (tertiary/aromatic N) is 3. The number of aromatic nitrogens is 2. The molecule has 1 amide bonds. The highest BCUT2D eigenvalue weighted by Gasteiger charge is 2.53. The van der Waals surface area contributed by atoms with E-state index in [4.69, 9.17) is 16.3 Å². The fourth-order valence-electron chi connectivity index (χ4n) is 3.53. The number of amides is 1. The fraction of sp³-hybridized carbons (Fsp3) is 0.444. The number of ether oxygens (including phenoxy) is 1. The van der Waals surface area contributed by atoms with Gasteiger partial charge in [-0.15, -0.1) is 0 Å². The van der Waals surface area contributed by atoms with Gasteiger partial charge in [-0.05, 0) is 30.5 Å². The predicted octanol–water partition coefficient (Wildman–Crippen LogP) is 3.26. The van der Waals surface area contributed by atoms with Crippen LogP contribution in [0.1, 0.15) is 42.2 Å². The largest absolute Gasteiger partial charge is 0.376 e. The summed E-state index contributed by atoms with van der Waals surface area (Å²) in [5.41, 5.74) is 2.40. The van der Waals surface area contributed by atoms with Crippen LogP contribution < -0.4 is 0 Å². The van der Waals surface area contributed by atoms with Gasteiger partial charge in [0, 0.05) is 11.6 Å². The molecule has 5 nitrogen and oxygen atoms in total. The number of hydrogen-bond donors (Lipinski definition) is 0. The normalized spacial score (nSPS) is 18.6. The number of likely N-dealkylation sites (tertiary alicyclic amines) is 1. The Labute approximate surface area is 146 Å². The van der Waals surface area contributed by atoms with Crippen LogP contribution in [0.5, 0.6) is 0 Å². The predicted molar refractivity (Wildman–Crippen MR) is 91.9 cm³/mol. The first-order chi connectivity index (χ1) is 11.5. The van der Waals surface area contributed by atoms with Crippen molar-refractivity contribution in [3.8, 4) is 5.69 Å². The number of rotatable bonds is 3. The first-order valence-electron chi connectivity index (χ1n) is 8.25. The first-order valence-corrected chi connectivity index (χ1v) is 8.63. The average molecular weight is 346 g/mol. The minimum absolute atomic E-state index is 0.0570. The maximum absolute atomic E-state index is 13.1. The van der Waals surface area contributed by atoms with Gasteiger partial charge in [0.1, 0.15) is 0 Å². The summed E-state index contributed by atoms with van der Waals surface area (Å²) in [5.74, 6) is 0.224. The lowest BCUT2D eigenvalue weighted by molar-refractivity contribution is -0.172. The molecule has 2 aromatic rings. The Hall–Kier alpha value is -1.85. The van der Waals surface area contributed by atoms with Crippen molar-refractivity contribution in [1.29, 1.82) is 0 Å². The molecule has 0 aliphatic carbocycles. The van der Waals surface area contributed by atoms with E-state index in [1.165, 1.54) is 0 Å². The van der Waals surface area contributed by atoms with Gasteiger partial charge >= 0.3 is 0 Å². The van der Waals surface area contributed by atoms with E-state index in [1.54, 1.807) is 6.20 Å². The van der Waals surface area contributed by atoms with Crippen molar-refractivity contribution in [2.24, 2.45) is 0 Å². The Bertz CT molecular complexity index is 790. The standard InChI is InChI=1S/C18H20ClN3O2/c1-12(2)16-15(17(23)21-7-6-18(21)10-24-11-18)9-20-22(16)14-5-3-4-13(19)8-14/h3-5,8-9,12H,6-7,10-11H2,1-2H3. The Kier molecular flexibility index (Phi) is 3.66. The van der Waals surface area contributed by atoms with Gasteiger partial charge in [-0.1, -0.05) is 31.5 Å². The Morgan fingerprint density at radius 2 is 2.17 bits per heavy atom. The Morgan fingerprint density at radius 1 is 1.38 bits per heavy atom. The molecule has 0 N–H and O–H groups in total. The molecule has 0 saturated carbocycles. The lowest BCUT2D eigenvalue weighted by atomic mass is 9.82. The molecule has 2 aliphatic rings. The van der Waals surface area contributed by atoms with Crippen molar-refractivity contribution in [3.63, 3.8) is 0 Å². The van der Waals surface area contributed by atoms with Crippen LogP contribution in [-0.2, 0) is 4.74 Å². The zero-order valence-corrected chi connectivity index (χ0v) is 14.6. The highest BCUT2D eigenvalue weighted by Crippen LogP contribution is 2.39. The van der Waals surface area contributed by atoms with Crippen molar-refractivity contribution >= 4 is 17.5 Å². The van der Waals surface area contributed by atoms with Gasteiger partial charge < -0.3 is 9.64 Å². The SMILES string of the molecule is CC(C)c1c(C(=O)N2CCC23COC3)cnn1-c1cccc(Cl)c1. The second kappa shape index (κ2) is 5.60. The van der Waals surface area contributed by atoms with Crippen molar-refractivity contribution in [2.45, 2.75) is 31.7 Å². The third-order valence-corrected chi connectivity index (χ3v) is 5.23. The molecule has 1 aromatic heterocycles. The summed E-state index contributed by atoms with van der Waals surface area (Å²) in [7, 11) is 0. The number of carbonyl (C=O) groups excluding carboxylic acids is 1. The monoisotopic (exact) mass is 345 g/mol. The number of carbonyl (C=O) groups is 1. The molecule has 126 valence electrons. The molecule has 1 aromatic carbocycles. The lowest BCUT2D eigenvalue weighted by Gasteiger charge is -2.57. The molecule has 2 fully saturated rings. The van der Waals surface area contributed by atoms with Crippen LogP contribution in [0.2, 0.25) is 5.02 Å². The van der Waals surface area contributed by atoms with Crippen LogP contribution in [0.25, 0.3) is 5.69 Å². The third kappa shape index (κ3) is 2.26. The lowest BCUT2D eigenvalue weighted by Crippen LogP contribution is -2.72. The van der Waals surface area contributed by atoms with Crippen molar-refractivity contribution in [3.05, 3.63) is 46.7 Å². The Balaban J connectivity index is 1.73. The Morgan fingerprint density at radius 3 is 2.71 bits per heavy atom. The topological polar surface area (TPSA) is 47.4 Å². The first kappa shape index (κ1) is 15.7. The molecule has 3 heterocycles. The van der Waals surface area contributed by atoms with Gasteiger partial charge in [0.05, 0.1) is 41.9 Å². The summed E-state index contributed by atoms with van der Waals surface area (Å²) in [5, 5.41) is 5.13. The molecule has 24 heavy (non-hydrogen) atoms. The molecule has 0 atom stereocenters. The summed E-state index contributed by atoms with van der Waals surface area (Å²) in [6, 6.07) is 7.53. The second-order valence-corrected chi connectivity index (χ2v) is 7.35. The molecule has 0 radical (unpaired) electrons. The summed E-state index contributed by atoms with van der Waals surface area (Å²) >= 11 is 6.11. The maximum Gasteiger partial charge on any atom is 0.257 e. The molecule has 6 heteroatoms. The van der Waals surface area contributed by atoms with Crippen LogP contribution in [-0.4, -0.2) is 45.9 Å². The summed E-state index contributed by atoms with van der Waals surface area (Å²) in [4.78, 5) is 15.0. The maximum atomic E-state index is 13.1.